The molecule has 0 aromatic heterocycles. The second kappa shape index (κ2) is 5.46. The van der Waals surface area contributed by atoms with E-state index in [-0.39, 0.29) is 0 Å². The molecule has 0 radical (unpaired) electrons. The third-order valence-electron chi connectivity index (χ3n) is 1.03. The van der Waals surface area contributed by atoms with Crippen LogP contribution in [0, 0.1) is 0 Å². The molecule has 7 heteroatoms. The van der Waals surface area contributed by atoms with E-state index in [2.05, 4.69) is 9.47 Å². The van der Waals surface area contributed by atoms with Crippen molar-refractivity contribution in [2.75, 3.05) is 0 Å². The number of ketones is 2. The van der Waals surface area contributed by atoms with Crippen LogP contribution in [0.4, 0.5) is 0 Å². The quantitative estimate of drug-likeness (QED) is 0.254. The molecule has 80 valence electrons. The highest BCUT2D eigenvalue weighted by molar-refractivity contribution is 6.33. The zero-order valence-corrected chi connectivity index (χ0v) is 7.86. The summed E-state index contributed by atoms with van der Waals surface area (Å²) in [6.07, 6.45) is 0. The van der Waals surface area contributed by atoms with E-state index in [9.17, 15) is 24.0 Å². The first-order chi connectivity index (χ1) is 6.88. The van der Waals surface area contributed by atoms with Gasteiger partial charge >= 0.3 is 17.9 Å². The molecule has 0 aliphatic heterocycles. The first kappa shape index (κ1) is 12.7. The zero-order valence-electron chi connectivity index (χ0n) is 7.86. The van der Waals surface area contributed by atoms with Gasteiger partial charge in [-0.25, -0.2) is 14.4 Å². The number of carbonyl (C=O) groups excluding carboxylic acids is 5. The van der Waals surface area contributed by atoms with Crippen LogP contribution in [-0.4, -0.2) is 29.4 Å². The monoisotopic (exact) mass is 214 g/mol. The second-order valence-electron chi connectivity index (χ2n) is 2.28. The molecule has 0 rings (SSSR count). The smallest absolute Gasteiger partial charge is 0.378 e. The van der Waals surface area contributed by atoms with Crippen LogP contribution in [-0.2, 0) is 33.4 Å². The lowest BCUT2D eigenvalue weighted by Crippen LogP contribution is -2.19. The summed E-state index contributed by atoms with van der Waals surface area (Å²) in [6.45, 7) is 1.77. The van der Waals surface area contributed by atoms with Gasteiger partial charge in [-0.2, -0.15) is 0 Å². The Morgan fingerprint density at radius 1 is 0.867 bits per heavy atom. The Morgan fingerprint density at radius 2 is 1.20 bits per heavy atom. The largest absolute Gasteiger partial charge is 0.386 e. The molecule has 15 heavy (non-hydrogen) atoms. The van der Waals surface area contributed by atoms with Gasteiger partial charge < -0.3 is 9.47 Å². The van der Waals surface area contributed by atoms with Crippen molar-refractivity contribution >= 4 is 29.4 Å². The average Bonchev–Trinajstić information content (AvgIpc) is 2.15. The molecule has 0 spiro atoms. The van der Waals surface area contributed by atoms with Gasteiger partial charge in [-0.3, -0.25) is 9.59 Å². The predicted molar refractivity (Wildman–Crippen MR) is 42.8 cm³/mol. The van der Waals surface area contributed by atoms with E-state index in [0.29, 0.717) is 0 Å². The third kappa shape index (κ3) is 4.49. The van der Waals surface area contributed by atoms with Crippen LogP contribution in [0.25, 0.3) is 0 Å². The highest BCUT2D eigenvalue weighted by Crippen LogP contribution is 1.97. The lowest BCUT2D eigenvalue weighted by Gasteiger charge is -2.01. The molecular formula is C8H6O7. The molecule has 0 N–H and O–H groups in total. The molecule has 0 fully saturated rings. The Morgan fingerprint density at radius 3 is 1.40 bits per heavy atom. The van der Waals surface area contributed by atoms with Crippen molar-refractivity contribution in [1.29, 1.82) is 0 Å². The molecule has 0 saturated heterocycles. The average molecular weight is 214 g/mol. The molecule has 0 aromatic rings. The summed E-state index contributed by atoms with van der Waals surface area (Å²) >= 11 is 0. The van der Waals surface area contributed by atoms with E-state index in [1.54, 1.807) is 0 Å². The van der Waals surface area contributed by atoms with Crippen molar-refractivity contribution in [3.8, 4) is 0 Å². The zero-order chi connectivity index (χ0) is 12.0. The topological polar surface area (TPSA) is 104 Å². The first-order valence-electron chi connectivity index (χ1n) is 3.59. The van der Waals surface area contributed by atoms with E-state index in [4.69, 9.17) is 0 Å². The minimum absolute atomic E-state index is 0.886. The van der Waals surface area contributed by atoms with Crippen LogP contribution in [0.15, 0.2) is 5.95 Å². The molecule has 0 unspecified atom stereocenters. The van der Waals surface area contributed by atoms with Crippen molar-refractivity contribution in [3.05, 3.63) is 5.95 Å². The molecule has 7 nitrogen and oxygen atoms in total. The van der Waals surface area contributed by atoms with Gasteiger partial charge in [0.05, 0.1) is 0 Å². The molecule has 0 bridgehead atoms. The SMILES string of the molecule is CC(=O)C(=O)OC(=C=O)OC(=O)C(C)=O. The van der Waals surface area contributed by atoms with Gasteiger partial charge in [-0.05, 0) is 0 Å². The van der Waals surface area contributed by atoms with Crippen LogP contribution in [0.5, 0.6) is 0 Å². The highest BCUT2D eigenvalue weighted by Gasteiger charge is 2.19. The summed E-state index contributed by atoms with van der Waals surface area (Å²) in [6, 6.07) is 0. The predicted octanol–water partition coefficient (Wildman–Crippen LogP) is -1.08. The first-order valence-corrected chi connectivity index (χ1v) is 3.59. The Balaban J connectivity index is 4.50. The van der Waals surface area contributed by atoms with Crippen LogP contribution in [0.1, 0.15) is 13.8 Å². The van der Waals surface area contributed by atoms with Gasteiger partial charge in [0.25, 0.3) is 0 Å². The number of Topliss-reactive ketones (excluding diaryl/α,β-unsaturated/α-hetero) is 2. The maximum absolute atomic E-state index is 10.6. The van der Waals surface area contributed by atoms with E-state index < -0.39 is 29.5 Å². The number of hydrogen-bond acceptors (Lipinski definition) is 7. The summed E-state index contributed by atoms with van der Waals surface area (Å²) in [5.74, 6) is -5.02. The summed E-state index contributed by atoms with van der Waals surface area (Å²) in [5.41, 5.74) is 0. The van der Waals surface area contributed by atoms with Gasteiger partial charge in [0, 0.05) is 13.8 Å². The molecule has 0 amide bonds. The Labute approximate surface area is 83.6 Å². The number of ether oxygens (including phenoxy) is 2. The van der Waals surface area contributed by atoms with Gasteiger partial charge in [0.1, 0.15) is 0 Å². The summed E-state index contributed by atoms with van der Waals surface area (Å²) < 4.78 is 7.98. The summed E-state index contributed by atoms with van der Waals surface area (Å²) in [4.78, 5) is 52.1. The highest BCUT2D eigenvalue weighted by atomic mass is 16.7. The number of carbonyl (C=O) groups is 4. The van der Waals surface area contributed by atoms with Crippen LogP contribution in [0.3, 0.4) is 0 Å². The standard InChI is InChI=1S/C8H6O7/c1-4(10)7(12)14-6(3-9)15-8(13)5(2)11/h1-2H3. The van der Waals surface area contributed by atoms with Crippen molar-refractivity contribution in [2.45, 2.75) is 13.8 Å². The van der Waals surface area contributed by atoms with Gasteiger partial charge in [0.15, 0.2) is 0 Å². The maximum Gasteiger partial charge on any atom is 0.386 e. The lowest BCUT2D eigenvalue weighted by atomic mass is 10.5. The van der Waals surface area contributed by atoms with Crippen molar-refractivity contribution in [1.82, 2.24) is 0 Å². The summed E-state index contributed by atoms with van der Waals surface area (Å²) in [5, 5.41) is 0. The molecule has 0 aliphatic carbocycles. The van der Waals surface area contributed by atoms with E-state index in [1.807, 2.05) is 0 Å². The normalized spacial score (nSPS) is 8.40. The number of hydrogen-bond donors (Lipinski definition) is 0. The van der Waals surface area contributed by atoms with Gasteiger partial charge in [-0.15, -0.1) is 0 Å². The minimum Gasteiger partial charge on any atom is -0.378 e. The second-order valence-corrected chi connectivity index (χ2v) is 2.28. The van der Waals surface area contributed by atoms with Crippen LogP contribution in [0.2, 0.25) is 0 Å². The number of esters is 2. The molecule has 0 aromatic carbocycles. The fourth-order valence-electron chi connectivity index (χ4n) is 0.375. The van der Waals surface area contributed by atoms with E-state index >= 15 is 0 Å². The third-order valence-corrected chi connectivity index (χ3v) is 1.03. The molecule has 0 atom stereocenters. The Bertz CT molecular complexity index is 342. The minimum atomic E-state index is -1.40. The molecule has 0 heterocycles. The molecular weight excluding hydrogens is 208 g/mol. The Hall–Kier alpha value is -2.27. The summed E-state index contributed by atoms with van der Waals surface area (Å²) in [7, 11) is 0. The fourth-order valence-corrected chi connectivity index (χ4v) is 0.375. The van der Waals surface area contributed by atoms with Crippen molar-refractivity contribution < 1.29 is 33.4 Å². The number of rotatable bonds is 4. The molecule has 0 aliphatic rings. The van der Waals surface area contributed by atoms with E-state index in [1.165, 1.54) is 0 Å². The van der Waals surface area contributed by atoms with Gasteiger partial charge in [0.2, 0.25) is 17.5 Å². The fraction of sp³-hybridized carbons (Fsp3) is 0.250. The van der Waals surface area contributed by atoms with Crippen LogP contribution >= 0.6 is 0 Å². The lowest BCUT2D eigenvalue weighted by molar-refractivity contribution is -0.161. The Kier molecular flexibility index (Phi) is 4.63. The van der Waals surface area contributed by atoms with Crippen molar-refractivity contribution in [2.24, 2.45) is 0 Å². The van der Waals surface area contributed by atoms with Crippen molar-refractivity contribution in [3.63, 3.8) is 0 Å². The van der Waals surface area contributed by atoms with Gasteiger partial charge in [-0.1, -0.05) is 0 Å². The van der Waals surface area contributed by atoms with E-state index in [0.717, 1.165) is 19.8 Å². The molecule has 0 saturated carbocycles. The van der Waals surface area contributed by atoms with Crippen LogP contribution < -0.4 is 0 Å². The maximum atomic E-state index is 10.6.